The predicted octanol–water partition coefficient (Wildman–Crippen LogP) is 3.86. The number of aromatic hydroxyl groups is 1. The van der Waals surface area contributed by atoms with E-state index in [2.05, 4.69) is 5.16 Å². The molecule has 4 nitrogen and oxygen atoms in total. The summed E-state index contributed by atoms with van der Waals surface area (Å²) in [5.41, 5.74) is 1.69. The van der Waals surface area contributed by atoms with E-state index >= 15 is 0 Å². The van der Waals surface area contributed by atoms with Crippen molar-refractivity contribution in [2.24, 2.45) is 0 Å². The van der Waals surface area contributed by atoms with Crippen molar-refractivity contribution in [1.29, 1.82) is 0 Å². The average molecular weight is 285 g/mol. The molecule has 106 valence electrons. The van der Waals surface area contributed by atoms with Crippen LogP contribution in [0.2, 0.25) is 0 Å². The Labute approximate surface area is 120 Å². The molecule has 0 spiro atoms. The molecule has 0 bridgehead atoms. The van der Waals surface area contributed by atoms with Crippen molar-refractivity contribution >= 4 is 0 Å². The molecule has 3 rings (SSSR count). The first-order valence-corrected chi connectivity index (χ1v) is 6.28. The largest absolute Gasteiger partial charge is 0.504 e. The third-order valence-electron chi connectivity index (χ3n) is 3.13. The zero-order valence-electron chi connectivity index (χ0n) is 11.2. The van der Waals surface area contributed by atoms with Crippen molar-refractivity contribution in [2.45, 2.75) is 0 Å². The number of rotatable bonds is 3. The number of phenolic OH excluding ortho intramolecular Hbond substituents is 1. The van der Waals surface area contributed by atoms with Crippen LogP contribution >= 0.6 is 0 Å². The van der Waals surface area contributed by atoms with Gasteiger partial charge in [0.1, 0.15) is 11.5 Å². The molecule has 0 aliphatic rings. The van der Waals surface area contributed by atoms with Crippen molar-refractivity contribution < 1.29 is 18.8 Å². The lowest BCUT2D eigenvalue weighted by Gasteiger charge is -2.05. The van der Waals surface area contributed by atoms with Gasteiger partial charge in [-0.05, 0) is 36.4 Å². The molecule has 0 radical (unpaired) electrons. The molecule has 0 unspecified atom stereocenters. The highest BCUT2D eigenvalue weighted by molar-refractivity contribution is 5.73. The summed E-state index contributed by atoms with van der Waals surface area (Å²) >= 11 is 0. The van der Waals surface area contributed by atoms with Gasteiger partial charge in [0.05, 0.1) is 7.11 Å². The Morgan fingerprint density at radius 1 is 1.14 bits per heavy atom. The number of ether oxygens (including phenoxy) is 1. The monoisotopic (exact) mass is 285 g/mol. The molecule has 3 aromatic rings. The lowest BCUT2D eigenvalue weighted by molar-refractivity contribution is 0.374. The first-order valence-electron chi connectivity index (χ1n) is 6.28. The van der Waals surface area contributed by atoms with Crippen LogP contribution in [0.15, 0.2) is 53.1 Å². The molecule has 21 heavy (non-hydrogen) atoms. The standard InChI is InChI=1S/C16H12FNO3/c1-20-14-4-2-3-12(16(14)19)13-9-15(21-18-13)10-5-7-11(17)8-6-10/h2-9,19H,1H3. The molecule has 0 saturated carbocycles. The lowest BCUT2D eigenvalue weighted by atomic mass is 10.1. The third kappa shape index (κ3) is 2.45. The summed E-state index contributed by atoms with van der Waals surface area (Å²) in [5, 5.41) is 14.0. The van der Waals surface area contributed by atoms with Crippen LogP contribution in [-0.4, -0.2) is 17.4 Å². The van der Waals surface area contributed by atoms with Gasteiger partial charge in [-0.3, -0.25) is 0 Å². The summed E-state index contributed by atoms with van der Waals surface area (Å²) in [6.45, 7) is 0. The number of methoxy groups -OCH3 is 1. The van der Waals surface area contributed by atoms with Gasteiger partial charge in [-0.25, -0.2) is 4.39 Å². The summed E-state index contributed by atoms with van der Waals surface area (Å²) in [4.78, 5) is 0. The maximum absolute atomic E-state index is 12.9. The van der Waals surface area contributed by atoms with Crippen molar-refractivity contribution in [3.05, 3.63) is 54.3 Å². The van der Waals surface area contributed by atoms with Gasteiger partial charge >= 0.3 is 0 Å². The van der Waals surface area contributed by atoms with E-state index in [4.69, 9.17) is 9.26 Å². The van der Waals surface area contributed by atoms with Gasteiger partial charge in [-0.1, -0.05) is 11.2 Å². The van der Waals surface area contributed by atoms with Crippen LogP contribution in [0.5, 0.6) is 11.5 Å². The van der Waals surface area contributed by atoms with Gasteiger partial charge in [-0.15, -0.1) is 0 Å². The Hall–Kier alpha value is -2.82. The van der Waals surface area contributed by atoms with Crippen LogP contribution in [0.4, 0.5) is 4.39 Å². The molecule has 5 heteroatoms. The topological polar surface area (TPSA) is 55.5 Å². The number of benzene rings is 2. The first kappa shape index (κ1) is 13.2. The van der Waals surface area contributed by atoms with Gasteiger partial charge in [0.25, 0.3) is 0 Å². The second-order valence-corrected chi connectivity index (χ2v) is 4.44. The minimum atomic E-state index is -0.316. The highest BCUT2D eigenvalue weighted by Crippen LogP contribution is 2.37. The third-order valence-corrected chi connectivity index (χ3v) is 3.13. The normalized spacial score (nSPS) is 10.6. The summed E-state index contributed by atoms with van der Waals surface area (Å²) in [5.74, 6) is 0.536. The number of halogens is 1. The molecular formula is C16H12FNO3. The number of nitrogens with zero attached hydrogens (tertiary/aromatic N) is 1. The maximum Gasteiger partial charge on any atom is 0.167 e. The van der Waals surface area contributed by atoms with E-state index in [1.807, 2.05) is 0 Å². The summed E-state index contributed by atoms with van der Waals surface area (Å²) < 4.78 is 23.2. The molecule has 1 aromatic heterocycles. The molecule has 0 aliphatic carbocycles. The summed E-state index contributed by atoms with van der Waals surface area (Å²) in [7, 11) is 1.48. The Balaban J connectivity index is 2.00. The molecule has 2 aromatic carbocycles. The van der Waals surface area contributed by atoms with E-state index in [1.165, 1.54) is 19.2 Å². The highest BCUT2D eigenvalue weighted by Gasteiger charge is 2.14. The SMILES string of the molecule is COc1cccc(-c2cc(-c3ccc(F)cc3)on2)c1O. The molecule has 0 saturated heterocycles. The van der Waals surface area contributed by atoms with E-state index in [1.54, 1.807) is 36.4 Å². The van der Waals surface area contributed by atoms with Gasteiger partial charge in [0, 0.05) is 17.2 Å². The zero-order chi connectivity index (χ0) is 14.8. The van der Waals surface area contributed by atoms with Crippen LogP contribution in [0.1, 0.15) is 0 Å². The fourth-order valence-electron chi connectivity index (χ4n) is 2.05. The lowest BCUT2D eigenvalue weighted by Crippen LogP contribution is -1.86. The molecule has 1 N–H and O–H groups in total. The number of phenols is 1. The Morgan fingerprint density at radius 2 is 1.90 bits per heavy atom. The van der Waals surface area contributed by atoms with Crippen LogP contribution in [-0.2, 0) is 0 Å². The number of para-hydroxylation sites is 1. The fraction of sp³-hybridized carbons (Fsp3) is 0.0625. The number of hydrogen-bond acceptors (Lipinski definition) is 4. The van der Waals surface area contributed by atoms with E-state index in [9.17, 15) is 9.50 Å². The van der Waals surface area contributed by atoms with Gasteiger partial charge < -0.3 is 14.4 Å². The molecule has 0 fully saturated rings. The van der Waals surface area contributed by atoms with Crippen molar-refractivity contribution in [2.75, 3.05) is 7.11 Å². The van der Waals surface area contributed by atoms with E-state index in [0.29, 0.717) is 28.3 Å². The zero-order valence-corrected chi connectivity index (χ0v) is 11.2. The van der Waals surface area contributed by atoms with Gasteiger partial charge in [0.2, 0.25) is 0 Å². The predicted molar refractivity (Wildman–Crippen MR) is 75.5 cm³/mol. The Morgan fingerprint density at radius 3 is 2.62 bits per heavy atom. The van der Waals surface area contributed by atoms with Crippen LogP contribution < -0.4 is 4.74 Å². The Bertz CT molecular complexity index is 765. The van der Waals surface area contributed by atoms with E-state index < -0.39 is 0 Å². The van der Waals surface area contributed by atoms with Crippen LogP contribution in [0.3, 0.4) is 0 Å². The average Bonchev–Trinajstić information content (AvgIpc) is 2.98. The maximum atomic E-state index is 12.9. The quantitative estimate of drug-likeness (QED) is 0.793. The second kappa shape index (κ2) is 5.28. The molecular weight excluding hydrogens is 273 g/mol. The minimum Gasteiger partial charge on any atom is -0.504 e. The van der Waals surface area contributed by atoms with Crippen LogP contribution in [0.25, 0.3) is 22.6 Å². The summed E-state index contributed by atoms with van der Waals surface area (Å²) in [6, 6.07) is 12.7. The minimum absolute atomic E-state index is 0.000967. The molecule has 0 aliphatic heterocycles. The molecule has 0 amide bonds. The van der Waals surface area contributed by atoms with Gasteiger partial charge in [-0.2, -0.15) is 0 Å². The first-order chi connectivity index (χ1) is 10.2. The van der Waals surface area contributed by atoms with E-state index in [-0.39, 0.29) is 11.6 Å². The fourth-order valence-corrected chi connectivity index (χ4v) is 2.05. The Kier molecular flexibility index (Phi) is 3.31. The van der Waals surface area contributed by atoms with Crippen molar-refractivity contribution in [3.8, 4) is 34.1 Å². The molecule has 1 heterocycles. The molecule has 0 atom stereocenters. The highest BCUT2D eigenvalue weighted by atomic mass is 19.1. The van der Waals surface area contributed by atoms with Crippen molar-refractivity contribution in [1.82, 2.24) is 5.16 Å². The smallest absolute Gasteiger partial charge is 0.167 e. The number of aromatic nitrogens is 1. The summed E-state index contributed by atoms with van der Waals surface area (Å²) in [6.07, 6.45) is 0. The van der Waals surface area contributed by atoms with Crippen LogP contribution in [0, 0.1) is 5.82 Å². The van der Waals surface area contributed by atoms with E-state index in [0.717, 1.165) is 0 Å². The number of hydrogen-bond donors (Lipinski definition) is 1. The van der Waals surface area contributed by atoms with Gasteiger partial charge in [0.15, 0.2) is 17.3 Å². The second-order valence-electron chi connectivity index (χ2n) is 4.44. The van der Waals surface area contributed by atoms with Crippen molar-refractivity contribution in [3.63, 3.8) is 0 Å².